The molecule has 7 nitrogen and oxygen atoms in total. The van der Waals surface area contributed by atoms with Gasteiger partial charge in [0.05, 0.1) is 6.04 Å². The maximum atomic E-state index is 12.0. The Bertz CT molecular complexity index is 702. The summed E-state index contributed by atoms with van der Waals surface area (Å²) in [6.07, 6.45) is 1.74. The van der Waals surface area contributed by atoms with Crippen molar-refractivity contribution in [2.24, 2.45) is 0 Å². The van der Waals surface area contributed by atoms with E-state index in [0.717, 1.165) is 5.56 Å². The van der Waals surface area contributed by atoms with E-state index in [1.54, 1.807) is 6.07 Å². The van der Waals surface area contributed by atoms with Crippen LogP contribution in [-0.2, 0) is 22.6 Å². The summed E-state index contributed by atoms with van der Waals surface area (Å²) < 4.78 is 1.26. The Balaban J connectivity index is 1.97. The quantitative estimate of drug-likeness (QED) is 0.835. The lowest BCUT2D eigenvalue weighted by Crippen LogP contribution is -2.42. The summed E-state index contributed by atoms with van der Waals surface area (Å²) >= 11 is 0. The van der Waals surface area contributed by atoms with Crippen LogP contribution in [0.25, 0.3) is 0 Å². The van der Waals surface area contributed by atoms with E-state index in [1.807, 2.05) is 30.3 Å². The summed E-state index contributed by atoms with van der Waals surface area (Å²) in [6, 6.07) is 10.7. The molecule has 1 N–H and O–H groups in total. The van der Waals surface area contributed by atoms with Crippen molar-refractivity contribution >= 4 is 11.7 Å². The van der Waals surface area contributed by atoms with E-state index in [4.69, 9.17) is 5.26 Å². The average Bonchev–Trinajstić information content (AvgIpc) is 2.95. The molecule has 1 atom stereocenters. The van der Waals surface area contributed by atoms with E-state index in [0.29, 0.717) is 6.42 Å². The fourth-order valence-corrected chi connectivity index (χ4v) is 1.96. The molecule has 2 rings (SSSR count). The maximum Gasteiger partial charge on any atom is 0.252 e. The molecule has 1 heterocycles. The van der Waals surface area contributed by atoms with E-state index in [-0.39, 0.29) is 24.1 Å². The summed E-state index contributed by atoms with van der Waals surface area (Å²) in [5.41, 5.74) is 0.968. The third-order valence-corrected chi connectivity index (χ3v) is 3.05. The van der Waals surface area contributed by atoms with Crippen molar-refractivity contribution in [2.75, 3.05) is 0 Å². The number of nitriles is 1. The summed E-state index contributed by atoms with van der Waals surface area (Å²) in [6.45, 7) is 1.35. The van der Waals surface area contributed by atoms with Gasteiger partial charge in [-0.05, 0) is 18.9 Å². The van der Waals surface area contributed by atoms with Crippen molar-refractivity contribution in [2.45, 2.75) is 25.9 Å². The van der Waals surface area contributed by atoms with Gasteiger partial charge in [0, 0.05) is 0 Å². The second kappa shape index (κ2) is 7.13. The number of carbonyl (C=O) groups excluding carboxylic acids is 2. The predicted molar refractivity (Wildman–Crippen MR) is 77.5 cm³/mol. The van der Waals surface area contributed by atoms with Gasteiger partial charge in [0.2, 0.25) is 5.91 Å². The molecule has 0 unspecified atom stereocenters. The minimum absolute atomic E-state index is 0.000188. The largest absolute Gasteiger partial charge is 0.344 e. The third kappa shape index (κ3) is 4.24. The minimum atomic E-state index is -0.589. The van der Waals surface area contributed by atoms with Crippen molar-refractivity contribution in [3.05, 3.63) is 48.0 Å². The molecule has 1 amide bonds. The van der Waals surface area contributed by atoms with Gasteiger partial charge in [-0.1, -0.05) is 30.3 Å². The van der Waals surface area contributed by atoms with E-state index in [2.05, 4.69) is 15.4 Å². The van der Waals surface area contributed by atoms with Crippen molar-refractivity contribution in [3.63, 3.8) is 0 Å². The van der Waals surface area contributed by atoms with Crippen molar-refractivity contribution in [1.82, 2.24) is 20.1 Å². The lowest BCUT2D eigenvalue weighted by atomic mass is 10.0. The van der Waals surface area contributed by atoms with Gasteiger partial charge >= 0.3 is 0 Å². The minimum Gasteiger partial charge on any atom is -0.344 e. The highest BCUT2D eigenvalue weighted by atomic mass is 16.2. The van der Waals surface area contributed by atoms with Gasteiger partial charge in [0.15, 0.2) is 5.78 Å². The fraction of sp³-hybridized carbons (Fsp3) is 0.267. The molecule has 0 aliphatic carbocycles. The van der Waals surface area contributed by atoms with Crippen molar-refractivity contribution in [3.8, 4) is 6.07 Å². The Labute approximate surface area is 127 Å². The van der Waals surface area contributed by atoms with E-state index in [9.17, 15) is 9.59 Å². The molecule has 7 heteroatoms. The molecular weight excluding hydrogens is 282 g/mol. The predicted octanol–water partition coefficient (Wildman–Crippen LogP) is 0.466. The molecule has 1 aromatic heterocycles. The lowest BCUT2D eigenvalue weighted by molar-refractivity contribution is -0.127. The van der Waals surface area contributed by atoms with Crippen LogP contribution in [0, 0.1) is 11.3 Å². The lowest BCUT2D eigenvalue weighted by Gasteiger charge is -2.16. The molecular formula is C15H15N5O2. The molecule has 0 radical (unpaired) electrons. The molecule has 0 aliphatic rings. The summed E-state index contributed by atoms with van der Waals surface area (Å²) in [4.78, 5) is 27.4. The second-order valence-electron chi connectivity index (χ2n) is 4.80. The number of Topliss-reactive ketones (excluding diaryl/α,β-unsaturated/α-hetero) is 1. The van der Waals surface area contributed by atoms with E-state index < -0.39 is 6.04 Å². The van der Waals surface area contributed by atoms with Crippen LogP contribution in [0.1, 0.15) is 18.3 Å². The molecule has 0 aliphatic heterocycles. The van der Waals surface area contributed by atoms with Gasteiger partial charge in [0.25, 0.3) is 5.82 Å². The standard InChI is InChI=1S/C15H15N5O2/c1-11(21)13(7-12-5-3-2-4-6-12)18-15(22)9-20-10-17-14(8-16)19-20/h2-6,10,13H,7,9H2,1H3,(H,18,22)/t13-/m1/s1. The van der Waals surface area contributed by atoms with Crippen LogP contribution in [0.3, 0.4) is 0 Å². The van der Waals surface area contributed by atoms with Gasteiger partial charge in [-0.2, -0.15) is 5.26 Å². The Kier molecular flexibility index (Phi) is 4.98. The monoisotopic (exact) mass is 297 g/mol. The SMILES string of the molecule is CC(=O)[C@@H](Cc1ccccc1)NC(=O)Cn1cnc(C#N)n1. The summed E-state index contributed by atoms with van der Waals surface area (Å²) in [5, 5.41) is 15.1. The number of benzene rings is 1. The van der Waals surface area contributed by atoms with Gasteiger partial charge in [-0.25, -0.2) is 9.67 Å². The normalized spacial score (nSPS) is 11.5. The van der Waals surface area contributed by atoms with Crippen LogP contribution < -0.4 is 5.32 Å². The summed E-state index contributed by atoms with van der Waals surface area (Å²) in [7, 11) is 0. The topological polar surface area (TPSA) is 101 Å². The van der Waals surface area contributed by atoms with E-state index in [1.165, 1.54) is 17.9 Å². The first-order chi connectivity index (χ1) is 10.6. The first-order valence-corrected chi connectivity index (χ1v) is 6.72. The number of nitrogens with one attached hydrogen (secondary N) is 1. The third-order valence-electron chi connectivity index (χ3n) is 3.05. The van der Waals surface area contributed by atoms with Crippen LogP contribution in [0.5, 0.6) is 0 Å². The van der Waals surface area contributed by atoms with Crippen LogP contribution >= 0.6 is 0 Å². The van der Waals surface area contributed by atoms with E-state index >= 15 is 0 Å². The van der Waals surface area contributed by atoms with Crippen LogP contribution in [0.4, 0.5) is 0 Å². The first kappa shape index (κ1) is 15.4. The molecule has 0 fully saturated rings. The van der Waals surface area contributed by atoms with Gasteiger partial charge in [-0.15, -0.1) is 5.10 Å². The Morgan fingerprint density at radius 1 is 1.36 bits per heavy atom. The van der Waals surface area contributed by atoms with Gasteiger partial charge in [0.1, 0.15) is 18.9 Å². The van der Waals surface area contributed by atoms with Gasteiger partial charge < -0.3 is 5.32 Å². The zero-order chi connectivity index (χ0) is 15.9. The number of nitrogens with zero attached hydrogens (tertiary/aromatic N) is 4. The van der Waals surface area contributed by atoms with Crippen molar-refractivity contribution < 1.29 is 9.59 Å². The fourth-order valence-electron chi connectivity index (χ4n) is 1.96. The first-order valence-electron chi connectivity index (χ1n) is 6.72. The number of hydrogen-bond acceptors (Lipinski definition) is 5. The number of amides is 1. The molecule has 0 spiro atoms. The number of carbonyl (C=O) groups is 2. The Hall–Kier alpha value is -3.01. The van der Waals surface area contributed by atoms with Gasteiger partial charge in [-0.3, -0.25) is 9.59 Å². The Morgan fingerprint density at radius 3 is 2.68 bits per heavy atom. The number of aromatic nitrogens is 3. The zero-order valence-corrected chi connectivity index (χ0v) is 12.1. The molecule has 0 saturated heterocycles. The number of hydrogen-bond donors (Lipinski definition) is 1. The van der Waals surface area contributed by atoms with Crippen molar-refractivity contribution in [1.29, 1.82) is 5.26 Å². The highest BCUT2D eigenvalue weighted by Crippen LogP contribution is 2.04. The van der Waals surface area contributed by atoms with Crippen LogP contribution in [-0.4, -0.2) is 32.5 Å². The average molecular weight is 297 g/mol. The molecule has 2 aromatic rings. The van der Waals surface area contributed by atoms with Crippen LogP contribution in [0.2, 0.25) is 0 Å². The summed E-state index contributed by atoms with van der Waals surface area (Å²) in [5.74, 6) is -0.473. The Morgan fingerprint density at radius 2 is 2.09 bits per heavy atom. The highest BCUT2D eigenvalue weighted by Gasteiger charge is 2.18. The molecule has 1 aromatic carbocycles. The molecule has 0 saturated carbocycles. The molecule has 22 heavy (non-hydrogen) atoms. The molecule has 0 bridgehead atoms. The smallest absolute Gasteiger partial charge is 0.252 e. The second-order valence-corrected chi connectivity index (χ2v) is 4.80. The maximum absolute atomic E-state index is 12.0. The number of rotatable bonds is 6. The highest BCUT2D eigenvalue weighted by molar-refractivity contribution is 5.87. The molecule has 112 valence electrons. The number of ketones is 1. The zero-order valence-electron chi connectivity index (χ0n) is 12.1. The van der Waals surface area contributed by atoms with Crippen LogP contribution in [0.15, 0.2) is 36.7 Å².